The third-order valence-electron chi connectivity index (χ3n) is 6.24. The molecule has 6 rings (SSSR count). The normalized spacial score (nSPS) is 24.3. The number of carbonyl (C=O) groups excluding carboxylic acids is 1. The van der Waals surface area contributed by atoms with Crippen molar-refractivity contribution in [2.45, 2.75) is 16.2 Å². The molecule has 1 saturated heterocycles. The summed E-state index contributed by atoms with van der Waals surface area (Å²) in [5.74, 6) is 0.901. The molecule has 3 heterocycles. The van der Waals surface area contributed by atoms with Crippen LogP contribution in [0.5, 0.6) is 5.75 Å². The maximum absolute atomic E-state index is 13.6. The van der Waals surface area contributed by atoms with Crippen molar-refractivity contribution >= 4 is 40.6 Å². The molecule has 3 aromatic rings. The highest BCUT2D eigenvalue weighted by Gasteiger charge is 2.65. The van der Waals surface area contributed by atoms with Crippen LogP contribution in [-0.4, -0.2) is 29.0 Å². The van der Waals surface area contributed by atoms with Crippen molar-refractivity contribution in [3.8, 4) is 5.75 Å². The van der Waals surface area contributed by atoms with Crippen LogP contribution in [0.4, 0.5) is 17.1 Å². The van der Waals surface area contributed by atoms with Crippen molar-refractivity contribution in [3.05, 3.63) is 94.0 Å². The Morgan fingerprint density at radius 2 is 1.85 bits per heavy atom. The van der Waals surface area contributed by atoms with Gasteiger partial charge in [-0.15, -0.1) is 11.8 Å². The molecular weight excluding hydrogens is 456 g/mol. The number of oxime groups is 1. The van der Waals surface area contributed by atoms with E-state index in [9.17, 15) is 14.9 Å². The number of ether oxygens (including phenoxy) is 1. The second-order valence-electron chi connectivity index (χ2n) is 8.01. The third kappa shape index (κ3) is 2.75. The number of nitrogens with one attached hydrogen (secondary N) is 1. The largest absolute Gasteiger partial charge is 0.497 e. The number of carbonyl (C=O) groups is 1. The van der Waals surface area contributed by atoms with E-state index in [1.165, 1.54) is 17.8 Å². The fourth-order valence-corrected chi connectivity index (χ4v) is 6.43. The molecule has 0 saturated carbocycles. The zero-order chi connectivity index (χ0) is 23.4. The second kappa shape index (κ2) is 7.49. The summed E-state index contributed by atoms with van der Waals surface area (Å²) in [5.41, 5.74) is 2.44. The van der Waals surface area contributed by atoms with Crippen molar-refractivity contribution in [1.82, 2.24) is 0 Å². The minimum Gasteiger partial charge on any atom is -0.497 e. The minimum absolute atomic E-state index is 0.115. The molecule has 0 aliphatic carbocycles. The first-order valence-electron chi connectivity index (χ1n) is 10.5. The van der Waals surface area contributed by atoms with Gasteiger partial charge in [-0.05, 0) is 29.8 Å². The van der Waals surface area contributed by atoms with Crippen LogP contribution in [0.2, 0.25) is 0 Å². The molecule has 3 aromatic carbocycles. The number of nitro benzene ring substituents is 1. The number of rotatable bonds is 4. The number of benzene rings is 3. The van der Waals surface area contributed by atoms with Gasteiger partial charge in [0, 0.05) is 17.3 Å². The Morgan fingerprint density at radius 1 is 1.12 bits per heavy atom. The van der Waals surface area contributed by atoms with Gasteiger partial charge in [-0.3, -0.25) is 19.8 Å². The van der Waals surface area contributed by atoms with Gasteiger partial charge < -0.3 is 14.9 Å². The SMILES string of the molecule is COc1ccc(C2ON=C3C2SC2(C(=O)Nc4ccccc42)N3c2ccccc2[N+](=O)[O-])cc1. The summed E-state index contributed by atoms with van der Waals surface area (Å²) in [6.45, 7) is 0. The average molecular weight is 474 g/mol. The van der Waals surface area contributed by atoms with Gasteiger partial charge in [0.2, 0.25) is 4.87 Å². The summed E-state index contributed by atoms with van der Waals surface area (Å²) in [6, 6.07) is 21.2. The lowest BCUT2D eigenvalue weighted by molar-refractivity contribution is -0.384. The number of para-hydroxylation sites is 3. The summed E-state index contributed by atoms with van der Waals surface area (Å²) >= 11 is 1.38. The Balaban J connectivity index is 1.53. The molecule has 1 N–H and O–H groups in total. The van der Waals surface area contributed by atoms with E-state index in [2.05, 4.69) is 10.5 Å². The topological polar surface area (TPSA) is 106 Å². The molecule has 0 radical (unpaired) electrons. The van der Waals surface area contributed by atoms with Crippen LogP contribution in [0.15, 0.2) is 78.0 Å². The number of amidine groups is 1. The lowest BCUT2D eigenvalue weighted by Gasteiger charge is -2.33. The molecule has 3 atom stereocenters. The first kappa shape index (κ1) is 20.5. The molecule has 9 nitrogen and oxygen atoms in total. The van der Waals surface area contributed by atoms with E-state index < -0.39 is 15.9 Å². The zero-order valence-corrected chi connectivity index (χ0v) is 18.7. The number of fused-ring (bicyclic) bond motifs is 3. The Bertz CT molecular complexity index is 1360. The molecule has 1 amide bonds. The summed E-state index contributed by atoms with van der Waals surface area (Å²) in [7, 11) is 1.60. The molecule has 1 fully saturated rings. The first-order valence-corrected chi connectivity index (χ1v) is 11.4. The molecule has 170 valence electrons. The quantitative estimate of drug-likeness (QED) is 0.441. The van der Waals surface area contributed by atoms with Crippen molar-refractivity contribution in [2.75, 3.05) is 17.3 Å². The number of hydrogen-bond donors (Lipinski definition) is 1. The second-order valence-corrected chi connectivity index (χ2v) is 9.35. The summed E-state index contributed by atoms with van der Waals surface area (Å²) < 4.78 is 5.26. The van der Waals surface area contributed by atoms with Crippen LogP contribution in [0.1, 0.15) is 17.2 Å². The predicted octanol–water partition coefficient (Wildman–Crippen LogP) is 4.42. The van der Waals surface area contributed by atoms with Gasteiger partial charge in [0.05, 0.1) is 12.0 Å². The van der Waals surface area contributed by atoms with E-state index >= 15 is 0 Å². The van der Waals surface area contributed by atoms with Crippen LogP contribution < -0.4 is 15.0 Å². The molecule has 3 aliphatic heterocycles. The maximum Gasteiger partial charge on any atom is 0.292 e. The zero-order valence-electron chi connectivity index (χ0n) is 17.9. The van der Waals surface area contributed by atoms with E-state index in [0.717, 1.165) is 11.1 Å². The molecule has 3 aliphatic rings. The van der Waals surface area contributed by atoms with Gasteiger partial charge in [0.1, 0.15) is 16.7 Å². The fourth-order valence-electron chi connectivity index (χ4n) is 4.72. The summed E-state index contributed by atoms with van der Waals surface area (Å²) in [6.07, 6.45) is -0.476. The third-order valence-corrected chi connectivity index (χ3v) is 7.88. The fraction of sp³-hybridized carbons (Fsp3) is 0.167. The lowest BCUT2D eigenvalue weighted by atomic mass is 10.0. The number of methoxy groups -OCH3 is 1. The molecule has 0 aromatic heterocycles. The minimum atomic E-state index is -1.26. The highest BCUT2D eigenvalue weighted by atomic mass is 32.2. The molecule has 34 heavy (non-hydrogen) atoms. The van der Waals surface area contributed by atoms with E-state index in [1.807, 2.05) is 48.5 Å². The van der Waals surface area contributed by atoms with E-state index in [4.69, 9.17) is 9.57 Å². The molecule has 3 unspecified atom stereocenters. The first-order chi connectivity index (χ1) is 16.5. The number of hydrogen-bond acceptors (Lipinski definition) is 8. The Morgan fingerprint density at radius 3 is 2.62 bits per heavy atom. The Hall–Kier alpha value is -4.05. The lowest BCUT2D eigenvalue weighted by Crippen LogP contribution is -2.47. The van der Waals surface area contributed by atoms with Gasteiger partial charge in [0.25, 0.3) is 11.6 Å². The smallest absolute Gasteiger partial charge is 0.292 e. The monoisotopic (exact) mass is 474 g/mol. The van der Waals surface area contributed by atoms with Gasteiger partial charge >= 0.3 is 0 Å². The van der Waals surface area contributed by atoms with Gasteiger partial charge in [-0.1, -0.05) is 47.6 Å². The van der Waals surface area contributed by atoms with Gasteiger partial charge in [0.15, 0.2) is 11.9 Å². The summed E-state index contributed by atoms with van der Waals surface area (Å²) in [4.78, 5) is 31.4. The predicted molar refractivity (Wildman–Crippen MR) is 128 cm³/mol. The number of nitrogens with zero attached hydrogens (tertiary/aromatic N) is 3. The van der Waals surface area contributed by atoms with Gasteiger partial charge in [-0.2, -0.15) is 0 Å². The molecule has 1 spiro atoms. The van der Waals surface area contributed by atoms with Crippen LogP contribution in [0.25, 0.3) is 0 Å². The number of nitro groups is 1. The van der Waals surface area contributed by atoms with Crippen LogP contribution in [-0.2, 0) is 14.5 Å². The highest BCUT2D eigenvalue weighted by molar-refractivity contribution is 8.03. The number of thioether (sulfide) groups is 1. The number of amides is 1. The average Bonchev–Trinajstić information content (AvgIpc) is 3.50. The highest BCUT2D eigenvalue weighted by Crippen LogP contribution is 2.61. The van der Waals surface area contributed by atoms with Crippen LogP contribution >= 0.6 is 11.8 Å². The van der Waals surface area contributed by atoms with E-state index in [-0.39, 0.29) is 22.5 Å². The van der Waals surface area contributed by atoms with Crippen molar-refractivity contribution in [2.24, 2.45) is 5.16 Å². The van der Waals surface area contributed by atoms with Crippen LogP contribution in [0.3, 0.4) is 0 Å². The Labute approximate surface area is 198 Å². The van der Waals surface area contributed by atoms with Crippen molar-refractivity contribution in [3.63, 3.8) is 0 Å². The molecule has 10 heteroatoms. The maximum atomic E-state index is 13.6. The van der Waals surface area contributed by atoms with Crippen molar-refractivity contribution in [1.29, 1.82) is 0 Å². The Kier molecular flexibility index (Phi) is 4.53. The van der Waals surface area contributed by atoms with Crippen molar-refractivity contribution < 1.29 is 19.3 Å². The molecule has 0 bridgehead atoms. The van der Waals surface area contributed by atoms with Crippen LogP contribution in [0, 0.1) is 10.1 Å². The van der Waals surface area contributed by atoms with E-state index in [1.54, 1.807) is 30.2 Å². The standard InChI is InChI=1S/C24H18N4O5S/c1-32-15-12-10-14(11-13-15)20-21-22(26-33-20)27(18-8-4-5-9-19(18)28(30)31)24(34-21)16-6-2-3-7-17(16)25-23(24)29/h2-13,20-21H,1H3,(H,25,29). The van der Waals surface area contributed by atoms with Gasteiger partial charge in [-0.25, -0.2) is 0 Å². The van der Waals surface area contributed by atoms with E-state index in [0.29, 0.717) is 17.3 Å². The number of anilines is 2. The molecular formula is C24H18N4O5S. The summed E-state index contributed by atoms with van der Waals surface area (Å²) in [5, 5.41) is 18.9.